The number of nitrogens with two attached hydrogens (primary N) is 1. The van der Waals surface area contributed by atoms with Crippen LogP contribution in [0.15, 0.2) is 95.4 Å². The van der Waals surface area contributed by atoms with Crippen LogP contribution in [0.5, 0.6) is 0 Å². The number of carbonyl (C=O) groups is 3. The molecule has 0 bridgehead atoms. The maximum atomic E-state index is 14.2. The zero-order valence-electron chi connectivity index (χ0n) is 30.9. The fraction of sp³-hybridized carbons (Fsp3) is 0.410. The Balaban J connectivity index is 1.80. The van der Waals surface area contributed by atoms with Crippen molar-refractivity contribution in [2.75, 3.05) is 19.8 Å². The van der Waals surface area contributed by atoms with Gasteiger partial charge in [0.1, 0.15) is 6.04 Å². The third-order valence-electron chi connectivity index (χ3n) is 9.08. The molecule has 3 rings (SSSR count). The fourth-order valence-electron chi connectivity index (χ4n) is 5.93. The van der Waals surface area contributed by atoms with Crippen LogP contribution in [0.2, 0.25) is 0 Å². The predicted octanol–water partition coefficient (Wildman–Crippen LogP) is 5.27. The first-order chi connectivity index (χ1) is 23.2. The van der Waals surface area contributed by atoms with Crippen LogP contribution in [0.3, 0.4) is 0 Å². The predicted molar refractivity (Wildman–Crippen MR) is 200 cm³/mol. The third kappa shape index (κ3) is 9.60. The van der Waals surface area contributed by atoms with E-state index >= 15 is 0 Å². The van der Waals surface area contributed by atoms with Gasteiger partial charge in [-0.05, 0) is 66.3 Å². The summed E-state index contributed by atoms with van der Waals surface area (Å²) in [5.74, 6) is -1.61. The lowest BCUT2D eigenvalue weighted by molar-refractivity contribution is -0.140. The molecule has 10 nitrogen and oxygen atoms in total. The SMILES string of the molecule is CNC(C(=O)NC(C(=O)N(C)C(/C=C(\C)C(=O)NS(=O)(=O)c1ccc(-c2ccc(N)cc2)cc1)C(C)C)C(C)(C)C)C(C)(C)c1ccccc1. The Morgan fingerprint density at radius 2 is 1.34 bits per heavy atom. The van der Waals surface area contributed by atoms with Gasteiger partial charge in [-0.3, -0.25) is 14.4 Å². The number of likely N-dealkylation sites (N-methyl/N-ethyl adjacent to an activating group) is 2. The summed E-state index contributed by atoms with van der Waals surface area (Å²) in [5.41, 5.74) is 7.90. The summed E-state index contributed by atoms with van der Waals surface area (Å²) in [6.45, 7) is 14.9. The molecule has 11 heteroatoms. The summed E-state index contributed by atoms with van der Waals surface area (Å²) in [6.07, 6.45) is 1.59. The highest BCUT2D eigenvalue weighted by molar-refractivity contribution is 7.90. The van der Waals surface area contributed by atoms with Gasteiger partial charge in [-0.1, -0.05) is 109 Å². The summed E-state index contributed by atoms with van der Waals surface area (Å²) in [5, 5.41) is 6.17. The van der Waals surface area contributed by atoms with E-state index in [-0.39, 0.29) is 28.2 Å². The highest BCUT2D eigenvalue weighted by Crippen LogP contribution is 2.29. The Bertz CT molecular complexity index is 1780. The summed E-state index contributed by atoms with van der Waals surface area (Å²) >= 11 is 0. The second-order valence-electron chi connectivity index (χ2n) is 14.7. The van der Waals surface area contributed by atoms with Crippen LogP contribution in [0.4, 0.5) is 5.69 Å². The Morgan fingerprint density at radius 1 is 0.820 bits per heavy atom. The van der Waals surface area contributed by atoms with Crippen molar-refractivity contribution < 1.29 is 22.8 Å². The molecular weight excluding hydrogens is 651 g/mol. The number of benzene rings is 3. The van der Waals surface area contributed by atoms with E-state index in [1.807, 2.05) is 90.9 Å². The molecule has 0 spiro atoms. The minimum absolute atomic E-state index is 0.0652. The number of rotatable bonds is 13. The molecule has 0 fully saturated rings. The molecule has 0 aliphatic rings. The maximum absolute atomic E-state index is 14.2. The topological polar surface area (TPSA) is 151 Å². The lowest BCUT2D eigenvalue weighted by Crippen LogP contribution is -2.61. The second-order valence-corrected chi connectivity index (χ2v) is 16.4. The van der Waals surface area contributed by atoms with Crippen molar-refractivity contribution in [1.29, 1.82) is 0 Å². The molecule has 0 aliphatic heterocycles. The average molecular weight is 704 g/mol. The smallest absolute Gasteiger partial charge is 0.264 e. The van der Waals surface area contributed by atoms with E-state index in [0.29, 0.717) is 5.69 Å². The first kappa shape index (κ1) is 40.0. The van der Waals surface area contributed by atoms with Gasteiger partial charge in [-0.15, -0.1) is 0 Å². The second kappa shape index (κ2) is 16.0. The van der Waals surface area contributed by atoms with Gasteiger partial charge in [0.25, 0.3) is 15.9 Å². The van der Waals surface area contributed by atoms with Crippen molar-refractivity contribution in [2.45, 2.75) is 83.8 Å². The van der Waals surface area contributed by atoms with Gasteiger partial charge < -0.3 is 21.3 Å². The minimum Gasteiger partial charge on any atom is -0.399 e. The van der Waals surface area contributed by atoms with E-state index in [1.54, 1.807) is 44.4 Å². The molecule has 0 aliphatic carbocycles. The van der Waals surface area contributed by atoms with Gasteiger partial charge in [-0.25, -0.2) is 13.1 Å². The Morgan fingerprint density at radius 3 is 1.82 bits per heavy atom. The number of carbonyl (C=O) groups excluding carboxylic acids is 3. The molecule has 3 unspecified atom stereocenters. The van der Waals surface area contributed by atoms with Crippen LogP contribution in [0.1, 0.15) is 61.0 Å². The molecule has 3 atom stereocenters. The van der Waals surface area contributed by atoms with Gasteiger partial charge >= 0.3 is 0 Å². The Labute approximate surface area is 298 Å². The van der Waals surface area contributed by atoms with Gasteiger partial charge in [0.2, 0.25) is 11.8 Å². The Kier molecular flexibility index (Phi) is 12.8. The van der Waals surface area contributed by atoms with Crippen LogP contribution >= 0.6 is 0 Å². The van der Waals surface area contributed by atoms with E-state index in [4.69, 9.17) is 5.73 Å². The largest absolute Gasteiger partial charge is 0.399 e. The number of hydrogen-bond donors (Lipinski definition) is 4. The number of sulfonamides is 1. The highest BCUT2D eigenvalue weighted by atomic mass is 32.2. The van der Waals surface area contributed by atoms with Crippen LogP contribution in [0, 0.1) is 11.3 Å². The lowest BCUT2D eigenvalue weighted by Gasteiger charge is -2.40. The quantitative estimate of drug-likeness (QED) is 0.140. The van der Waals surface area contributed by atoms with Crippen molar-refractivity contribution in [3.8, 4) is 11.1 Å². The molecule has 270 valence electrons. The monoisotopic (exact) mass is 703 g/mol. The summed E-state index contributed by atoms with van der Waals surface area (Å²) in [4.78, 5) is 42.7. The van der Waals surface area contributed by atoms with Gasteiger partial charge in [0, 0.05) is 23.7 Å². The molecular formula is C39H53N5O5S. The molecule has 3 aromatic carbocycles. The Hall–Kier alpha value is -4.48. The van der Waals surface area contributed by atoms with E-state index < -0.39 is 44.9 Å². The summed E-state index contributed by atoms with van der Waals surface area (Å²) in [7, 11) is -0.838. The van der Waals surface area contributed by atoms with E-state index in [9.17, 15) is 22.8 Å². The number of anilines is 1. The van der Waals surface area contributed by atoms with Crippen molar-refractivity contribution in [3.63, 3.8) is 0 Å². The average Bonchev–Trinajstić information content (AvgIpc) is 3.05. The van der Waals surface area contributed by atoms with Crippen LogP contribution < -0.4 is 21.1 Å². The minimum atomic E-state index is -4.19. The van der Waals surface area contributed by atoms with Crippen LogP contribution in [-0.2, 0) is 29.8 Å². The number of amides is 3. The molecule has 0 saturated heterocycles. The molecule has 0 radical (unpaired) electrons. The molecule has 3 amide bonds. The summed E-state index contributed by atoms with van der Waals surface area (Å²) < 4.78 is 28.5. The van der Waals surface area contributed by atoms with E-state index in [0.717, 1.165) is 16.7 Å². The molecule has 0 heterocycles. The van der Waals surface area contributed by atoms with Crippen LogP contribution in [0.25, 0.3) is 11.1 Å². The first-order valence-corrected chi connectivity index (χ1v) is 18.2. The van der Waals surface area contributed by atoms with Gasteiger partial charge in [-0.2, -0.15) is 0 Å². The number of nitrogens with one attached hydrogen (secondary N) is 3. The number of hydrogen-bond acceptors (Lipinski definition) is 7. The van der Waals surface area contributed by atoms with Gasteiger partial charge in [0.15, 0.2) is 0 Å². The van der Waals surface area contributed by atoms with Crippen LogP contribution in [-0.4, -0.2) is 63.3 Å². The van der Waals surface area contributed by atoms with E-state index in [1.165, 1.54) is 24.0 Å². The zero-order chi connectivity index (χ0) is 37.6. The third-order valence-corrected chi connectivity index (χ3v) is 10.4. The lowest BCUT2D eigenvalue weighted by atomic mass is 9.76. The van der Waals surface area contributed by atoms with Crippen molar-refractivity contribution >= 4 is 33.4 Å². The number of nitrogens with zero attached hydrogens (tertiary/aromatic N) is 1. The highest BCUT2D eigenvalue weighted by Gasteiger charge is 2.41. The molecule has 3 aromatic rings. The molecule has 0 aromatic heterocycles. The molecule has 5 N–H and O–H groups in total. The normalized spacial score (nSPS) is 14.4. The maximum Gasteiger partial charge on any atom is 0.264 e. The molecule has 50 heavy (non-hydrogen) atoms. The van der Waals surface area contributed by atoms with Crippen molar-refractivity contribution in [2.24, 2.45) is 11.3 Å². The van der Waals surface area contributed by atoms with E-state index in [2.05, 4.69) is 15.4 Å². The fourth-order valence-corrected chi connectivity index (χ4v) is 6.94. The zero-order valence-corrected chi connectivity index (χ0v) is 31.7. The standard InChI is InChI=1S/C39H53N5O5S/c1-25(2)32(24-26(3)35(45)43-50(48,49)31-22-18-28(19-23-31)27-16-20-30(40)21-17-27)44(10)37(47)34(38(4,5)6)42-36(46)33(41-9)39(7,8)29-14-12-11-13-15-29/h11-25,32-34,41H,40H2,1-10H3,(H,42,46)(H,43,45)/b26-24+. The number of nitrogen functional groups attached to an aromatic ring is 1. The molecule has 0 saturated carbocycles. The van der Waals surface area contributed by atoms with Gasteiger partial charge in [0.05, 0.1) is 17.0 Å². The summed E-state index contributed by atoms with van der Waals surface area (Å²) in [6, 6.07) is 21.0. The first-order valence-electron chi connectivity index (χ1n) is 16.7. The van der Waals surface area contributed by atoms with Crippen molar-refractivity contribution in [1.82, 2.24) is 20.3 Å². The van der Waals surface area contributed by atoms with Crippen molar-refractivity contribution in [3.05, 3.63) is 96.1 Å².